The molecular formula is C14H26N2O2S2. The van der Waals surface area contributed by atoms with Gasteiger partial charge in [0.05, 0.1) is 0 Å². The van der Waals surface area contributed by atoms with Gasteiger partial charge in [0.2, 0.25) is 10.0 Å². The smallest absolute Gasteiger partial charge is 0.250 e. The minimum atomic E-state index is -3.33. The number of hydrogen-bond donors (Lipinski definition) is 2. The Morgan fingerprint density at radius 3 is 2.60 bits per heavy atom. The number of nitrogens with one attached hydrogen (secondary N) is 2. The molecule has 0 bridgehead atoms. The summed E-state index contributed by atoms with van der Waals surface area (Å²) in [6.45, 7) is 8.29. The Morgan fingerprint density at radius 1 is 1.20 bits per heavy atom. The second kappa shape index (κ2) is 8.77. The number of thiophene rings is 1. The molecule has 0 atom stereocenters. The van der Waals surface area contributed by atoms with Crippen LogP contribution in [-0.2, 0) is 16.6 Å². The normalized spacial score (nSPS) is 11.9. The molecule has 0 saturated heterocycles. The van der Waals surface area contributed by atoms with Crippen molar-refractivity contribution in [1.29, 1.82) is 0 Å². The first-order valence-corrected chi connectivity index (χ1v) is 9.61. The molecule has 1 rings (SSSR count). The topological polar surface area (TPSA) is 58.2 Å². The molecule has 0 aliphatic rings. The second-order valence-electron chi connectivity index (χ2n) is 4.91. The van der Waals surface area contributed by atoms with Gasteiger partial charge in [0.25, 0.3) is 0 Å². The first-order chi connectivity index (χ1) is 9.51. The first-order valence-electron chi connectivity index (χ1n) is 7.31. The average molecular weight is 319 g/mol. The highest BCUT2D eigenvalue weighted by molar-refractivity contribution is 7.91. The molecule has 0 radical (unpaired) electrons. The SMILES string of the molecule is CCCCCCNS(=O)(=O)c1cc(C)c(CNCC)s1. The summed E-state index contributed by atoms with van der Waals surface area (Å²) in [5.74, 6) is 0. The largest absolute Gasteiger partial charge is 0.312 e. The van der Waals surface area contributed by atoms with Gasteiger partial charge in [0.1, 0.15) is 4.21 Å². The molecule has 0 aromatic carbocycles. The number of rotatable bonds is 10. The molecule has 0 unspecified atom stereocenters. The molecule has 0 aliphatic heterocycles. The molecule has 1 aromatic rings. The van der Waals surface area contributed by atoms with Gasteiger partial charge in [-0.15, -0.1) is 11.3 Å². The Hall–Kier alpha value is -0.430. The monoisotopic (exact) mass is 318 g/mol. The summed E-state index contributed by atoms with van der Waals surface area (Å²) < 4.78 is 27.5. The van der Waals surface area contributed by atoms with Crippen molar-refractivity contribution in [3.8, 4) is 0 Å². The van der Waals surface area contributed by atoms with Crippen molar-refractivity contribution in [1.82, 2.24) is 10.0 Å². The van der Waals surface area contributed by atoms with Gasteiger partial charge in [-0.05, 0) is 31.5 Å². The van der Waals surface area contributed by atoms with Gasteiger partial charge in [0.15, 0.2) is 0 Å². The highest BCUT2D eigenvalue weighted by Gasteiger charge is 2.18. The van der Waals surface area contributed by atoms with Gasteiger partial charge < -0.3 is 5.32 Å². The summed E-state index contributed by atoms with van der Waals surface area (Å²) >= 11 is 1.36. The Kier molecular flexibility index (Phi) is 7.72. The van der Waals surface area contributed by atoms with E-state index in [1.165, 1.54) is 11.3 Å². The highest BCUT2D eigenvalue weighted by atomic mass is 32.2. The number of unbranched alkanes of at least 4 members (excludes halogenated alkanes) is 3. The summed E-state index contributed by atoms with van der Waals surface area (Å²) in [5.41, 5.74) is 1.04. The zero-order chi connectivity index (χ0) is 15.0. The third-order valence-corrected chi connectivity index (χ3v) is 6.29. The number of sulfonamides is 1. The van der Waals surface area contributed by atoms with Gasteiger partial charge in [-0.3, -0.25) is 0 Å². The predicted octanol–water partition coefficient (Wildman–Crippen LogP) is 3.02. The maximum absolute atomic E-state index is 12.2. The summed E-state index contributed by atoms with van der Waals surface area (Å²) in [6, 6.07) is 1.77. The number of aryl methyl sites for hydroxylation is 1. The third kappa shape index (κ3) is 5.52. The quantitative estimate of drug-likeness (QED) is 0.652. The van der Waals surface area contributed by atoms with E-state index in [1.54, 1.807) is 6.07 Å². The Bertz CT molecular complexity index is 495. The molecule has 0 spiro atoms. The lowest BCUT2D eigenvalue weighted by atomic mass is 10.2. The summed E-state index contributed by atoms with van der Waals surface area (Å²) in [5, 5.41) is 3.23. The Morgan fingerprint density at radius 2 is 1.95 bits per heavy atom. The van der Waals surface area contributed by atoms with Crippen LogP contribution in [0.5, 0.6) is 0 Å². The van der Waals surface area contributed by atoms with Crippen LogP contribution in [0.3, 0.4) is 0 Å². The molecule has 4 nitrogen and oxygen atoms in total. The first kappa shape index (κ1) is 17.6. The molecule has 0 saturated carbocycles. The van der Waals surface area contributed by atoms with Crippen LogP contribution in [0, 0.1) is 6.92 Å². The van der Waals surface area contributed by atoms with Gasteiger partial charge in [-0.25, -0.2) is 13.1 Å². The van der Waals surface area contributed by atoms with Gasteiger partial charge in [0, 0.05) is 18.0 Å². The van der Waals surface area contributed by atoms with Crippen LogP contribution in [0.15, 0.2) is 10.3 Å². The summed E-state index contributed by atoms with van der Waals surface area (Å²) in [7, 11) is -3.33. The van der Waals surface area contributed by atoms with Crippen molar-refractivity contribution in [2.45, 2.75) is 57.2 Å². The van der Waals surface area contributed by atoms with Crippen LogP contribution in [0.25, 0.3) is 0 Å². The van der Waals surface area contributed by atoms with Crippen molar-refractivity contribution in [2.75, 3.05) is 13.1 Å². The molecule has 0 fully saturated rings. The lowest BCUT2D eigenvalue weighted by Gasteiger charge is -2.04. The summed E-state index contributed by atoms with van der Waals surface area (Å²) in [6.07, 6.45) is 4.30. The van der Waals surface area contributed by atoms with Crippen LogP contribution >= 0.6 is 11.3 Å². The molecule has 2 N–H and O–H groups in total. The van der Waals surface area contributed by atoms with Crippen LogP contribution < -0.4 is 10.0 Å². The third-order valence-electron chi connectivity index (χ3n) is 3.12. The second-order valence-corrected chi connectivity index (χ2v) is 8.04. The minimum Gasteiger partial charge on any atom is -0.312 e. The predicted molar refractivity (Wildman–Crippen MR) is 85.8 cm³/mol. The standard InChI is InChI=1S/C14H26N2O2S2/c1-4-6-7-8-9-16-20(17,18)14-10-12(3)13(19-14)11-15-5-2/h10,15-16H,4-9,11H2,1-3H3. The van der Waals surface area contributed by atoms with Gasteiger partial charge >= 0.3 is 0 Å². The fourth-order valence-corrected chi connectivity index (χ4v) is 4.54. The molecule has 1 aromatic heterocycles. The van der Waals surface area contributed by atoms with Crippen LogP contribution in [0.4, 0.5) is 0 Å². The van der Waals surface area contributed by atoms with E-state index in [2.05, 4.69) is 17.0 Å². The maximum atomic E-state index is 12.2. The van der Waals surface area contributed by atoms with E-state index in [0.29, 0.717) is 10.8 Å². The Labute approximate surface area is 127 Å². The molecule has 20 heavy (non-hydrogen) atoms. The van der Waals surface area contributed by atoms with E-state index in [0.717, 1.165) is 49.2 Å². The molecule has 6 heteroatoms. The maximum Gasteiger partial charge on any atom is 0.250 e. The van der Waals surface area contributed by atoms with E-state index in [-0.39, 0.29) is 0 Å². The highest BCUT2D eigenvalue weighted by Crippen LogP contribution is 2.25. The molecule has 116 valence electrons. The zero-order valence-corrected chi connectivity index (χ0v) is 14.3. The molecular weight excluding hydrogens is 292 g/mol. The fraction of sp³-hybridized carbons (Fsp3) is 0.714. The van der Waals surface area contributed by atoms with E-state index in [9.17, 15) is 8.42 Å². The van der Waals surface area contributed by atoms with Gasteiger partial charge in [-0.1, -0.05) is 33.1 Å². The van der Waals surface area contributed by atoms with E-state index >= 15 is 0 Å². The van der Waals surface area contributed by atoms with Crippen molar-refractivity contribution >= 4 is 21.4 Å². The van der Waals surface area contributed by atoms with Crippen molar-refractivity contribution in [2.24, 2.45) is 0 Å². The minimum absolute atomic E-state index is 0.429. The van der Waals surface area contributed by atoms with Crippen LogP contribution in [0.2, 0.25) is 0 Å². The molecule has 0 amide bonds. The Balaban J connectivity index is 2.58. The van der Waals surface area contributed by atoms with E-state index in [4.69, 9.17) is 0 Å². The average Bonchev–Trinajstić information content (AvgIpc) is 2.78. The zero-order valence-electron chi connectivity index (χ0n) is 12.7. The fourth-order valence-electron chi connectivity index (χ4n) is 1.86. The van der Waals surface area contributed by atoms with E-state index < -0.39 is 10.0 Å². The molecule has 0 aliphatic carbocycles. The van der Waals surface area contributed by atoms with E-state index in [1.807, 2.05) is 13.8 Å². The van der Waals surface area contributed by atoms with Crippen LogP contribution in [-0.4, -0.2) is 21.5 Å². The summed E-state index contributed by atoms with van der Waals surface area (Å²) in [4.78, 5) is 1.10. The van der Waals surface area contributed by atoms with Crippen molar-refractivity contribution in [3.05, 3.63) is 16.5 Å². The number of hydrogen-bond acceptors (Lipinski definition) is 4. The van der Waals surface area contributed by atoms with Crippen molar-refractivity contribution in [3.63, 3.8) is 0 Å². The molecule has 1 heterocycles. The van der Waals surface area contributed by atoms with Crippen LogP contribution in [0.1, 0.15) is 50.0 Å². The van der Waals surface area contributed by atoms with Gasteiger partial charge in [-0.2, -0.15) is 0 Å². The lowest BCUT2D eigenvalue weighted by Crippen LogP contribution is -2.24. The lowest BCUT2D eigenvalue weighted by molar-refractivity contribution is 0.575. The van der Waals surface area contributed by atoms with Crippen molar-refractivity contribution < 1.29 is 8.42 Å².